The Morgan fingerprint density at radius 2 is 1.86 bits per heavy atom. The molecule has 1 aliphatic carbocycles. The molecule has 1 saturated carbocycles. The van der Waals surface area contributed by atoms with E-state index in [2.05, 4.69) is 15.1 Å². The first-order valence-corrected chi connectivity index (χ1v) is 11.8. The Labute approximate surface area is 172 Å². The summed E-state index contributed by atoms with van der Waals surface area (Å²) < 4.78 is 35.3. The maximum Gasteiger partial charge on any atom is 0.246 e. The Balaban J connectivity index is 1.34. The topological polar surface area (TPSA) is 90.2 Å². The normalized spacial score (nSPS) is 19.3. The van der Waals surface area contributed by atoms with Crippen LogP contribution in [0, 0.1) is 19.8 Å². The van der Waals surface area contributed by atoms with E-state index in [0.29, 0.717) is 53.7 Å². The first kappa shape index (κ1) is 20.3. The smallest absolute Gasteiger partial charge is 0.246 e. The SMILES string of the molecule is Cc1nn(C)c(C)c1S(=O)(=O)N1CCC(COc2cc(C3CCC3)ncn2)CC1. The molecule has 4 rings (SSSR count). The van der Waals surface area contributed by atoms with Gasteiger partial charge in [-0.15, -0.1) is 0 Å². The first-order valence-electron chi connectivity index (χ1n) is 10.3. The summed E-state index contributed by atoms with van der Waals surface area (Å²) in [7, 11) is -1.74. The highest BCUT2D eigenvalue weighted by molar-refractivity contribution is 7.89. The number of hydrogen-bond donors (Lipinski definition) is 0. The second-order valence-electron chi connectivity index (χ2n) is 8.19. The fourth-order valence-electron chi connectivity index (χ4n) is 4.14. The summed E-state index contributed by atoms with van der Waals surface area (Å²) in [5, 5.41) is 4.26. The van der Waals surface area contributed by atoms with Crippen molar-refractivity contribution in [2.45, 2.75) is 56.8 Å². The van der Waals surface area contributed by atoms with Gasteiger partial charge in [0.15, 0.2) is 0 Å². The zero-order chi connectivity index (χ0) is 20.6. The molecule has 0 atom stereocenters. The molecule has 0 radical (unpaired) electrons. The van der Waals surface area contributed by atoms with Crippen molar-refractivity contribution in [1.82, 2.24) is 24.1 Å². The van der Waals surface area contributed by atoms with Gasteiger partial charge in [-0.1, -0.05) is 6.42 Å². The molecule has 1 aliphatic heterocycles. The van der Waals surface area contributed by atoms with Crippen LogP contribution in [-0.4, -0.2) is 52.2 Å². The molecule has 0 aromatic carbocycles. The van der Waals surface area contributed by atoms with Crippen LogP contribution in [0.15, 0.2) is 17.3 Å². The minimum absolute atomic E-state index is 0.319. The molecule has 2 fully saturated rings. The number of aryl methyl sites for hydroxylation is 2. The van der Waals surface area contributed by atoms with Gasteiger partial charge in [-0.2, -0.15) is 9.40 Å². The van der Waals surface area contributed by atoms with Gasteiger partial charge in [0.05, 0.1) is 23.7 Å². The maximum atomic E-state index is 13.1. The van der Waals surface area contributed by atoms with Gasteiger partial charge in [0.25, 0.3) is 0 Å². The van der Waals surface area contributed by atoms with Gasteiger partial charge in [0.2, 0.25) is 15.9 Å². The number of aromatic nitrogens is 4. The molecule has 9 heteroatoms. The van der Waals surface area contributed by atoms with Crippen LogP contribution in [0.1, 0.15) is 55.1 Å². The molecule has 2 aromatic heterocycles. The number of nitrogens with zero attached hydrogens (tertiary/aromatic N) is 5. The number of sulfonamides is 1. The summed E-state index contributed by atoms with van der Waals surface area (Å²) in [6, 6.07) is 1.96. The second-order valence-corrected chi connectivity index (χ2v) is 10.1. The summed E-state index contributed by atoms with van der Waals surface area (Å²) in [5.41, 5.74) is 2.31. The molecule has 0 unspecified atom stereocenters. The number of piperidine rings is 1. The van der Waals surface area contributed by atoms with Crippen LogP contribution in [0.5, 0.6) is 5.88 Å². The lowest BCUT2D eigenvalue weighted by Crippen LogP contribution is -2.40. The molecule has 2 aliphatic rings. The van der Waals surface area contributed by atoms with Crippen LogP contribution in [0.2, 0.25) is 0 Å². The average molecular weight is 420 g/mol. The van der Waals surface area contributed by atoms with Crippen LogP contribution >= 0.6 is 0 Å². The lowest BCUT2D eigenvalue weighted by molar-refractivity contribution is 0.180. The van der Waals surface area contributed by atoms with Crippen molar-refractivity contribution >= 4 is 10.0 Å². The molecule has 1 saturated heterocycles. The quantitative estimate of drug-likeness (QED) is 0.715. The van der Waals surface area contributed by atoms with Crippen LogP contribution in [0.3, 0.4) is 0 Å². The van der Waals surface area contributed by atoms with Crippen LogP contribution < -0.4 is 4.74 Å². The monoisotopic (exact) mass is 419 g/mol. The predicted octanol–water partition coefficient (Wildman–Crippen LogP) is 2.57. The molecule has 0 spiro atoms. The van der Waals surface area contributed by atoms with Crippen molar-refractivity contribution in [2.75, 3.05) is 19.7 Å². The van der Waals surface area contributed by atoms with Gasteiger partial charge in [0.1, 0.15) is 11.2 Å². The third kappa shape index (κ3) is 4.02. The molecular weight excluding hydrogens is 390 g/mol. The van der Waals surface area contributed by atoms with Gasteiger partial charge in [-0.25, -0.2) is 18.4 Å². The maximum absolute atomic E-state index is 13.1. The summed E-state index contributed by atoms with van der Waals surface area (Å²) in [4.78, 5) is 8.94. The largest absolute Gasteiger partial charge is 0.477 e. The molecule has 0 amide bonds. The van der Waals surface area contributed by atoms with E-state index in [0.717, 1.165) is 18.5 Å². The van der Waals surface area contributed by atoms with Gasteiger partial charge < -0.3 is 4.74 Å². The van der Waals surface area contributed by atoms with E-state index in [1.54, 1.807) is 36.2 Å². The molecule has 158 valence electrons. The van der Waals surface area contributed by atoms with Gasteiger partial charge in [0, 0.05) is 32.1 Å². The fraction of sp³-hybridized carbons (Fsp3) is 0.650. The Kier molecular flexibility index (Phi) is 5.61. The van der Waals surface area contributed by atoms with Crippen LogP contribution in [-0.2, 0) is 17.1 Å². The highest BCUT2D eigenvalue weighted by Gasteiger charge is 2.33. The minimum Gasteiger partial charge on any atom is -0.477 e. The molecule has 2 aromatic rings. The van der Waals surface area contributed by atoms with Crippen molar-refractivity contribution in [3.63, 3.8) is 0 Å². The number of rotatable bonds is 6. The van der Waals surface area contributed by atoms with E-state index in [1.165, 1.54) is 19.3 Å². The molecule has 0 bridgehead atoms. The van der Waals surface area contributed by atoms with E-state index in [9.17, 15) is 8.42 Å². The van der Waals surface area contributed by atoms with Crippen LogP contribution in [0.4, 0.5) is 0 Å². The predicted molar refractivity (Wildman–Crippen MR) is 108 cm³/mol. The third-order valence-electron chi connectivity index (χ3n) is 6.27. The van der Waals surface area contributed by atoms with Crippen molar-refractivity contribution in [1.29, 1.82) is 0 Å². The molecule has 29 heavy (non-hydrogen) atoms. The Bertz CT molecular complexity index is 976. The first-order chi connectivity index (χ1) is 13.9. The second kappa shape index (κ2) is 8.02. The summed E-state index contributed by atoms with van der Waals surface area (Å²) in [6.45, 7) is 5.11. The zero-order valence-electron chi connectivity index (χ0n) is 17.3. The number of hydrogen-bond acceptors (Lipinski definition) is 6. The standard InChI is InChI=1S/C20H29N5O3S/c1-14-20(15(2)24(3)23-14)29(26,27)25-9-7-16(8-10-25)12-28-19-11-18(21-13-22-19)17-5-4-6-17/h11,13,16-17H,4-10,12H2,1-3H3. The van der Waals surface area contributed by atoms with Crippen molar-refractivity contribution in [2.24, 2.45) is 13.0 Å². The van der Waals surface area contributed by atoms with E-state index < -0.39 is 10.0 Å². The van der Waals surface area contributed by atoms with Gasteiger partial charge >= 0.3 is 0 Å². The van der Waals surface area contributed by atoms with E-state index in [1.807, 2.05) is 6.07 Å². The molecule has 3 heterocycles. The summed E-state index contributed by atoms with van der Waals surface area (Å²) in [5.74, 6) is 1.49. The summed E-state index contributed by atoms with van der Waals surface area (Å²) in [6.07, 6.45) is 6.79. The Morgan fingerprint density at radius 3 is 2.45 bits per heavy atom. The lowest BCUT2D eigenvalue weighted by atomic mass is 9.83. The minimum atomic E-state index is -3.52. The Hall–Kier alpha value is -2.00. The highest BCUT2D eigenvalue weighted by atomic mass is 32.2. The summed E-state index contributed by atoms with van der Waals surface area (Å²) >= 11 is 0. The fourth-order valence-corrected chi connectivity index (χ4v) is 6.01. The molecular formula is C20H29N5O3S. The highest BCUT2D eigenvalue weighted by Crippen LogP contribution is 2.36. The lowest BCUT2D eigenvalue weighted by Gasteiger charge is -2.31. The van der Waals surface area contributed by atoms with Crippen LogP contribution in [0.25, 0.3) is 0 Å². The zero-order valence-corrected chi connectivity index (χ0v) is 18.2. The van der Waals surface area contributed by atoms with Crippen molar-refractivity contribution in [3.8, 4) is 5.88 Å². The van der Waals surface area contributed by atoms with E-state index >= 15 is 0 Å². The van der Waals surface area contributed by atoms with Crippen molar-refractivity contribution < 1.29 is 13.2 Å². The van der Waals surface area contributed by atoms with Crippen molar-refractivity contribution in [3.05, 3.63) is 29.5 Å². The van der Waals surface area contributed by atoms with E-state index in [-0.39, 0.29) is 0 Å². The van der Waals surface area contributed by atoms with E-state index in [4.69, 9.17) is 4.74 Å². The van der Waals surface area contributed by atoms with Gasteiger partial charge in [-0.3, -0.25) is 4.68 Å². The van der Waals surface area contributed by atoms with Gasteiger partial charge in [-0.05, 0) is 45.4 Å². The third-order valence-corrected chi connectivity index (χ3v) is 8.42. The molecule has 0 N–H and O–H groups in total. The average Bonchev–Trinajstić information content (AvgIpc) is 2.91. The Morgan fingerprint density at radius 1 is 1.14 bits per heavy atom. The molecule has 8 nitrogen and oxygen atoms in total. The number of ether oxygens (including phenoxy) is 1.